The van der Waals surface area contributed by atoms with Crippen molar-refractivity contribution in [2.45, 2.75) is 24.1 Å². The van der Waals surface area contributed by atoms with Crippen molar-refractivity contribution >= 4 is 27.5 Å². The van der Waals surface area contributed by atoms with Crippen molar-refractivity contribution in [1.82, 2.24) is 0 Å². The van der Waals surface area contributed by atoms with Gasteiger partial charge < -0.3 is 9.47 Å². The maximum absolute atomic E-state index is 6.26. The van der Waals surface area contributed by atoms with Gasteiger partial charge in [-0.1, -0.05) is 27.5 Å². The fourth-order valence-electron chi connectivity index (χ4n) is 2.22. The lowest BCUT2D eigenvalue weighted by molar-refractivity contribution is 0.349. The third-order valence-electron chi connectivity index (χ3n) is 2.96. The van der Waals surface area contributed by atoms with Crippen LogP contribution in [0.3, 0.4) is 0 Å². The highest BCUT2D eigenvalue weighted by molar-refractivity contribution is 9.09. The SMILES string of the molecule is COc1cc(Cl)c2c(c1OC)C(Br)CCC2. The van der Waals surface area contributed by atoms with Gasteiger partial charge in [-0.3, -0.25) is 0 Å². The van der Waals surface area contributed by atoms with E-state index in [9.17, 15) is 0 Å². The lowest BCUT2D eigenvalue weighted by atomic mass is 9.90. The van der Waals surface area contributed by atoms with Crippen molar-refractivity contribution in [1.29, 1.82) is 0 Å². The van der Waals surface area contributed by atoms with Crippen LogP contribution in [0.2, 0.25) is 5.02 Å². The van der Waals surface area contributed by atoms with E-state index in [4.69, 9.17) is 21.1 Å². The Hall–Kier alpha value is -0.410. The zero-order valence-corrected chi connectivity index (χ0v) is 11.7. The second-order valence-corrected chi connectivity index (χ2v) is 5.36. The Kier molecular flexibility index (Phi) is 3.65. The van der Waals surface area contributed by atoms with Crippen LogP contribution in [0, 0.1) is 0 Å². The number of hydrogen-bond acceptors (Lipinski definition) is 2. The van der Waals surface area contributed by atoms with Crippen molar-refractivity contribution < 1.29 is 9.47 Å². The molecule has 0 amide bonds. The van der Waals surface area contributed by atoms with E-state index < -0.39 is 0 Å². The van der Waals surface area contributed by atoms with Gasteiger partial charge in [-0.2, -0.15) is 0 Å². The molecule has 0 fully saturated rings. The lowest BCUT2D eigenvalue weighted by Gasteiger charge is -2.25. The Morgan fingerprint density at radius 2 is 2.12 bits per heavy atom. The molecule has 0 saturated heterocycles. The average molecular weight is 306 g/mol. The van der Waals surface area contributed by atoms with Crippen LogP contribution in [0.25, 0.3) is 0 Å². The molecule has 0 spiro atoms. The molecule has 0 aromatic heterocycles. The first-order valence-corrected chi connectivity index (χ1v) is 6.55. The van der Waals surface area contributed by atoms with Crippen molar-refractivity contribution in [3.63, 3.8) is 0 Å². The molecular formula is C12H14BrClO2. The molecule has 0 heterocycles. The zero-order chi connectivity index (χ0) is 11.7. The van der Waals surface area contributed by atoms with E-state index in [1.54, 1.807) is 14.2 Å². The van der Waals surface area contributed by atoms with Gasteiger partial charge >= 0.3 is 0 Å². The minimum absolute atomic E-state index is 0.304. The lowest BCUT2D eigenvalue weighted by Crippen LogP contribution is -2.09. The van der Waals surface area contributed by atoms with Crippen molar-refractivity contribution in [2.24, 2.45) is 0 Å². The van der Waals surface area contributed by atoms with Crippen LogP contribution in [-0.2, 0) is 6.42 Å². The smallest absolute Gasteiger partial charge is 0.165 e. The molecule has 2 rings (SSSR count). The Bertz CT molecular complexity index is 406. The molecule has 4 heteroatoms. The first-order chi connectivity index (χ1) is 7.69. The van der Waals surface area contributed by atoms with Crippen LogP contribution in [0.1, 0.15) is 28.8 Å². The van der Waals surface area contributed by atoms with E-state index >= 15 is 0 Å². The minimum Gasteiger partial charge on any atom is -0.493 e. The predicted molar refractivity (Wildman–Crippen MR) is 69.2 cm³/mol. The summed E-state index contributed by atoms with van der Waals surface area (Å²) in [6.07, 6.45) is 3.27. The topological polar surface area (TPSA) is 18.5 Å². The summed E-state index contributed by atoms with van der Waals surface area (Å²) in [7, 11) is 3.30. The monoisotopic (exact) mass is 304 g/mol. The first-order valence-electron chi connectivity index (χ1n) is 5.26. The molecule has 0 aliphatic heterocycles. The van der Waals surface area contributed by atoms with Crippen molar-refractivity contribution in [3.05, 3.63) is 22.2 Å². The van der Waals surface area contributed by atoms with Gasteiger partial charge in [0.1, 0.15) is 0 Å². The van der Waals surface area contributed by atoms with E-state index in [1.807, 2.05) is 6.07 Å². The number of hydrogen-bond donors (Lipinski definition) is 0. The van der Waals surface area contributed by atoms with E-state index in [0.717, 1.165) is 35.6 Å². The third-order valence-corrected chi connectivity index (χ3v) is 4.21. The van der Waals surface area contributed by atoms with E-state index in [0.29, 0.717) is 10.6 Å². The summed E-state index contributed by atoms with van der Waals surface area (Å²) >= 11 is 9.95. The van der Waals surface area contributed by atoms with Crippen molar-refractivity contribution in [3.8, 4) is 11.5 Å². The van der Waals surface area contributed by atoms with Crippen LogP contribution in [-0.4, -0.2) is 14.2 Å². The molecule has 0 bridgehead atoms. The highest BCUT2D eigenvalue weighted by atomic mass is 79.9. The first kappa shape index (κ1) is 12.1. The van der Waals surface area contributed by atoms with Gasteiger partial charge in [0, 0.05) is 21.5 Å². The maximum atomic E-state index is 6.26. The summed E-state index contributed by atoms with van der Waals surface area (Å²) in [5.41, 5.74) is 2.34. The van der Waals surface area contributed by atoms with E-state index in [1.165, 1.54) is 5.56 Å². The normalized spacial score (nSPS) is 19.1. The second kappa shape index (κ2) is 4.84. The van der Waals surface area contributed by atoms with Crippen LogP contribution in [0.15, 0.2) is 6.07 Å². The Balaban J connectivity index is 2.65. The van der Waals surface area contributed by atoms with Crippen LogP contribution < -0.4 is 9.47 Å². The molecule has 1 aliphatic rings. The summed E-state index contributed by atoms with van der Waals surface area (Å²) in [5, 5.41) is 0.775. The van der Waals surface area contributed by atoms with E-state index in [2.05, 4.69) is 15.9 Å². The molecule has 0 radical (unpaired) electrons. The molecule has 1 aromatic rings. The Morgan fingerprint density at radius 1 is 1.38 bits per heavy atom. The summed E-state index contributed by atoms with van der Waals surface area (Å²) in [5.74, 6) is 1.51. The second-order valence-electron chi connectivity index (χ2n) is 3.85. The molecule has 1 atom stereocenters. The standard InChI is InChI=1S/C12H14BrClO2/c1-15-10-6-9(14)7-4-3-5-8(13)11(7)12(10)16-2/h6,8H,3-5H2,1-2H3. The molecule has 16 heavy (non-hydrogen) atoms. The zero-order valence-electron chi connectivity index (χ0n) is 9.35. The van der Waals surface area contributed by atoms with E-state index in [-0.39, 0.29) is 0 Å². The minimum atomic E-state index is 0.304. The largest absolute Gasteiger partial charge is 0.493 e. The highest BCUT2D eigenvalue weighted by Crippen LogP contribution is 2.48. The number of ether oxygens (including phenoxy) is 2. The Labute approximate surface area is 109 Å². The van der Waals surface area contributed by atoms with Gasteiger partial charge in [0.2, 0.25) is 0 Å². The number of benzene rings is 1. The molecule has 2 nitrogen and oxygen atoms in total. The van der Waals surface area contributed by atoms with Gasteiger partial charge in [-0.15, -0.1) is 0 Å². The summed E-state index contributed by atoms with van der Waals surface area (Å²) < 4.78 is 10.7. The quantitative estimate of drug-likeness (QED) is 0.765. The molecular weight excluding hydrogens is 291 g/mol. The molecule has 1 aromatic carbocycles. The maximum Gasteiger partial charge on any atom is 0.165 e. The Morgan fingerprint density at radius 3 is 2.75 bits per heavy atom. The molecule has 1 aliphatic carbocycles. The number of alkyl halides is 1. The van der Waals surface area contributed by atoms with Gasteiger partial charge in [-0.05, 0) is 24.8 Å². The van der Waals surface area contributed by atoms with Gasteiger partial charge in [-0.25, -0.2) is 0 Å². The molecule has 0 saturated carbocycles. The van der Waals surface area contributed by atoms with Crippen molar-refractivity contribution in [2.75, 3.05) is 14.2 Å². The molecule has 88 valence electrons. The number of methoxy groups -OCH3 is 2. The molecule has 0 N–H and O–H groups in total. The summed E-state index contributed by atoms with van der Waals surface area (Å²) in [6.45, 7) is 0. The van der Waals surface area contributed by atoms with Gasteiger partial charge in [0.05, 0.1) is 14.2 Å². The number of halogens is 2. The number of rotatable bonds is 2. The van der Waals surface area contributed by atoms with Crippen LogP contribution in [0.4, 0.5) is 0 Å². The highest BCUT2D eigenvalue weighted by Gasteiger charge is 2.26. The van der Waals surface area contributed by atoms with Gasteiger partial charge in [0.25, 0.3) is 0 Å². The number of fused-ring (bicyclic) bond motifs is 1. The fourth-order valence-corrected chi connectivity index (χ4v) is 3.32. The summed E-state index contributed by atoms with van der Waals surface area (Å²) in [4.78, 5) is 0.304. The van der Waals surface area contributed by atoms with Gasteiger partial charge in [0.15, 0.2) is 11.5 Å². The molecule has 1 unspecified atom stereocenters. The average Bonchev–Trinajstić information content (AvgIpc) is 2.29. The van der Waals surface area contributed by atoms with Crippen LogP contribution in [0.5, 0.6) is 11.5 Å². The predicted octanol–water partition coefficient (Wildman–Crippen LogP) is 4.13. The fraction of sp³-hybridized carbons (Fsp3) is 0.500. The third kappa shape index (κ3) is 1.91. The van der Waals surface area contributed by atoms with Crippen LogP contribution >= 0.6 is 27.5 Å². The summed E-state index contributed by atoms with van der Waals surface area (Å²) in [6, 6.07) is 1.84.